The van der Waals surface area contributed by atoms with E-state index in [-0.39, 0.29) is 11.0 Å². The van der Waals surface area contributed by atoms with Gasteiger partial charge in [0.25, 0.3) is 0 Å². The number of aromatic nitrogens is 2. The average molecular weight is 269 g/mol. The standard InChI is InChI=1S/C16H19N3O/c1-11-5-2-3-6-12(11)15(9-10-15)14-18-13(19-20-14)16(17)7-4-8-16/h2-3,5-6H,4,7-10,17H2,1H3. The van der Waals surface area contributed by atoms with Gasteiger partial charge in [0.1, 0.15) is 0 Å². The summed E-state index contributed by atoms with van der Waals surface area (Å²) < 4.78 is 5.58. The van der Waals surface area contributed by atoms with Crippen LogP contribution < -0.4 is 5.73 Å². The summed E-state index contributed by atoms with van der Waals surface area (Å²) >= 11 is 0. The van der Waals surface area contributed by atoms with Crippen LogP contribution in [0.2, 0.25) is 0 Å². The second-order valence-corrected chi connectivity index (χ2v) is 6.33. The summed E-state index contributed by atoms with van der Waals surface area (Å²) in [6, 6.07) is 8.46. The maximum Gasteiger partial charge on any atom is 0.237 e. The zero-order valence-electron chi connectivity index (χ0n) is 11.7. The summed E-state index contributed by atoms with van der Waals surface area (Å²) in [5.41, 5.74) is 8.48. The SMILES string of the molecule is Cc1ccccc1C1(c2nc(C3(N)CCC3)no2)CC1. The minimum atomic E-state index is -0.344. The quantitative estimate of drug-likeness (QED) is 0.930. The van der Waals surface area contributed by atoms with Gasteiger partial charge in [-0.05, 0) is 50.2 Å². The van der Waals surface area contributed by atoms with Crippen LogP contribution in [-0.4, -0.2) is 10.1 Å². The molecule has 0 atom stereocenters. The van der Waals surface area contributed by atoms with Crippen molar-refractivity contribution in [2.45, 2.75) is 50.0 Å². The number of rotatable bonds is 3. The van der Waals surface area contributed by atoms with Crippen LogP contribution in [0.4, 0.5) is 0 Å². The molecule has 4 rings (SSSR count). The Morgan fingerprint density at radius 2 is 1.90 bits per heavy atom. The van der Waals surface area contributed by atoms with E-state index in [2.05, 4.69) is 41.3 Å². The fourth-order valence-corrected chi connectivity index (χ4v) is 3.23. The number of benzene rings is 1. The lowest BCUT2D eigenvalue weighted by molar-refractivity contribution is 0.228. The van der Waals surface area contributed by atoms with Crippen molar-refractivity contribution in [3.63, 3.8) is 0 Å². The minimum absolute atomic E-state index is 0.0588. The van der Waals surface area contributed by atoms with Crippen LogP contribution in [0.5, 0.6) is 0 Å². The molecule has 104 valence electrons. The third kappa shape index (κ3) is 1.57. The van der Waals surface area contributed by atoms with Crippen LogP contribution in [0.1, 0.15) is 54.9 Å². The largest absolute Gasteiger partial charge is 0.338 e. The normalized spacial score (nSPS) is 22.3. The van der Waals surface area contributed by atoms with Crippen molar-refractivity contribution in [3.8, 4) is 0 Å². The van der Waals surface area contributed by atoms with Crippen molar-refractivity contribution in [2.24, 2.45) is 5.73 Å². The Balaban J connectivity index is 1.73. The van der Waals surface area contributed by atoms with Gasteiger partial charge in [-0.15, -0.1) is 0 Å². The van der Waals surface area contributed by atoms with Crippen molar-refractivity contribution < 1.29 is 4.52 Å². The first-order valence-corrected chi connectivity index (χ1v) is 7.34. The van der Waals surface area contributed by atoms with Crippen molar-refractivity contribution in [2.75, 3.05) is 0 Å². The molecule has 4 nitrogen and oxygen atoms in total. The Kier molecular flexibility index (Phi) is 2.37. The summed E-state index contributed by atoms with van der Waals surface area (Å²) in [6.45, 7) is 2.14. The van der Waals surface area contributed by atoms with Gasteiger partial charge < -0.3 is 10.3 Å². The molecule has 4 heteroatoms. The van der Waals surface area contributed by atoms with Gasteiger partial charge in [-0.25, -0.2) is 0 Å². The van der Waals surface area contributed by atoms with Crippen molar-refractivity contribution in [1.29, 1.82) is 0 Å². The minimum Gasteiger partial charge on any atom is -0.338 e. The average Bonchev–Trinajstić information content (AvgIpc) is 3.06. The molecule has 0 unspecified atom stereocenters. The maximum absolute atomic E-state index is 6.28. The Labute approximate surface area is 118 Å². The van der Waals surface area contributed by atoms with E-state index in [4.69, 9.17) is 10.3 Å². The molecular weight excluding hydrogens is 250 g/mol. The van der Waals surface area contributed by atoms with Crippen molar-refractivity contribution in [1.82, 2.24) is 10.1 Å². The van der Waals surface area contributed by atoms with E-state index < -0.39 is 0 Å². The second kappa shape index (κ2) is 3.92. The number of aryl methyl sites for hydroxylation is 1. The summed E-state index contributed by atoms with van der Waals surface area (Å²) in [7, 11) is 0. The van der Waals surface area contributed by atoms with E-state index in [1.807, 2.05) is 0 Å². The number of hydrogen-bond acceptors (Lipinski definition) is 4. The van der Waals surface area contributed by atoms with E-state index in [0.717, 1.165) is 38.0 Å². The topological polar surface area (TPSA) is 64.9 Å². The molecule has 2 aliphatic rings. The van der Waals surface area contributed by atoms with Crippen molar-refractivity contribution >= 4 is 0 Å². The highest BCUT2D eigenvalue weighted by Gasteiger charge is 2.52. The number of nitrogens with two attached hydrogens (primary N) is 1. The fourth-order valence-electron chi connectivity index (χ4n) is 3.23. The van der Waals surface area contributed by atoms with Gasteiger partial charge in [-0.2, -0.15) is 4.98 Å². The van der Waals surface area contributed by atoms with Crippen LogP contribution in [0, 0.1) is 6.92 Å². The Bertz CT molecular complexity index is 653. The molecule has 2 saturated carbocycles. The third-order valence-corrected chi connectivity index (χ3v) is 4.94. The lowest BCUT2D eigenvalue weighted by atomic mass is 9.77. The summed E-state index contributed by atoms with van der Waals surface area (Å²) in [6.07, 6.45) is 5.24. The summed E-state index contributed by atoms with van der Waals surface area (Å²) in [5, 5.41) is 4.16. The smallest absolute Gasteiger partial charge is 0.237 e. The highest BCUT2D eigenvalue weighted by molar-refractivity contribution is 5.43. The van der Waals surface area contributed by atoms with E-state index >= 15 is 0 Å². The second-order valence-electron chi connectivity index (χ2n) is 6.33. The lowest BCUT2D eigenvalue weighted by Crippen LogP contribution is -2.44. The van der Waals surface area contributed by atoms with E-state index in [1.165, 1.54) is 11.1 Å². The van der Waals surface area contributed by atoms with Gasteiger partial charge in [-0.3, -0.25) is 0 Å². The van der Waals surface area contributed by atoms with Gasteiger partial charge >= 0.3 is 0 Å². The zero-order valence-corrected chi connectivity index (χ0v) is 11.7. The van der Waals surface area contributed by atoms with Crippen LogP contribution >= 0.6 is 0 Å². The molecule has 2 aromatic rings. The predicted octanol–water partition coefficient (Wildman–Crippen LogP) is 2.80. The maximum atomic E-state index is 6.28. The first kappa shape index (κ1) is 12.1. The van der Waals surface area contributed by atoms with Gasteiger partial charge in [0.15, 0.2) is 5.82 Å². The molecule has 2 aliphatic carbocycles. The van der Waals surface area contributed by atoms with Crippen LogP contribution in [0.25, 0.3) is 0 Å². The number of nitrogens with zero attached hydrogens (tertiary/aromatic N) is 2. The summed E-state index contributed by atoms with van der Waals surface area (Å²) in [4.78, 5) is 4.65. The Hall–Kier alpha value is -1.68. The predicted molar refractivity (Wildman–Crippen MR) is 75.2 cm³/mol. The van der Waals surface area contributed by atoms with Crippen molar-refractivity contribution in [3.05, 3.63) is 47.1 Å². The highest BCUT2D eigenvalue weighted by atomic mass is 16.5. The van der Waals surface area contributed by atoms with E-state index in [1.54, 1.807) is 0 Å². The molecule has 0 aliphatic heterocycles. The first-order chi connectivity index (χ1) is 9.64. The zero-order chi connectivity index (χ0) is 13.8. The molecule has 0 radical (unpaired) electrons. The molecule has 0 amide bonds. The van der Waals surface area contributed by atoms with Crippen LogP contribution in [0.3, 0.4) is 0 Å². The molecule has 1 aromatic heterocycles. The first-order valence-electron chi connectivity index (χ1n) is 7.34. The molecule has 2 N–H and O–H groups in total. The lowest BCUT2D eigenvalue weighted by Gasteiger charge is -2.34. The molecule has 1 aromatic carbocycles. The van der Waals surface area contributed by atoms with Crippen LogP contribution in [0.15, 0.2) is 28.8 Å². The monoisotopic (exact) mass is 269 g/mol. The Morgan fingerprint density at radius 1 is 1.15 bits per heavy atom. The van der Waals surface area contributed by atoms with Crippen LogP contribution in [-0.2, 0) is 11.0 Å². The van der Waals surface area contributed by atoms with Gasteiger partial charge in [0.2, 0.25) is 5.89 Å². The molecule has 0 bridgehead atoms. The summed E-state index contributed by atoms with van der Waals surface area (Å²) in [5.74, 6) is 1.44. The molecule has 20 heavy (non-hydrogen) atoms. The molecular formula is C16H19N3O. The van der Waals surface area contributed by atoms with Gasteiger partial charge in [0.05, 0.1) is 11.0 Å². The molecule has 0 saturated heterocycles. The Morgan fingerprint density at radius 3 is 2.50 bits per heavy atom. The van der Waals surface area contributed by atoms with E-state index in [9.17, 15) is 0 Å². The molecule has 2 fully saturated rings. The number of hydrogen-bond donors (Lipinski definition) is 1. The highest BCUT2D eigenvalue weighted by Crippen LogP contribution is 2.54. The van der Waals surface area contributed by atoms with Gasteiger partial charge in [-0.1, -0.05) is 29.4 Å². The van der Waals surface area contributed by atoms with Gasteiger partial charge in [0, 0.05) is 0 Å². The fraction of sp³-hybridized carbons (Fsp3) is 0.500. The third-order valence-electron chi connectivity index (χ3n) is 4.94. The van der Waals surface area contributed by atoms with E-state index in [0.29, 0.717) is 5.82 Å². The molecule has 0 spiro atoms. The molecule has 1 heterocycles.